The lowest BCUT2D eigenvalue weighted by Gasteiger charge is -2.15. The molecule has 1 aromatic carbocycles. The quantitative estimate of drug-likeness (QED) is 0.441. The van der Waals surface area contributed by atoms with Crippen molar-refractivity contribution in [2.75, 3.05) is 12.3 Å². The predicted molar refractivity (Wildman–Crippen MR) is 95.2 cm³/mol. The maximum Gasteiger partial charge on any atom is 0.181 e. The second-order valence-electron chi connectivity index (χ2n) is 6.10. The summed E-state index contributed by atoms with van der Waals surface area (Å²) >= 11 is 0. The first-order valence-corrected chi connectivity index (χ1v) is 8.28. The Balaban J connectivity index is 1.82. The van der Waals surface area contributed by atoms with Crippen LogP contribution >= 0.6 is 0 Å². The molecule has 138 valence electrons. The standard InChI is InChI=1S/C18H17N5O4/c19-16-13-11(7-6-10-4-2-1-3-5-10)22-23(17(13)21-9-20-16)18-15(26)14(25)12(8-24)27-18/h1-5,9,12,14-15,18,24-26H,8H2,(H2,19,20,21)/t12-,14-,15-,18-/m1/s1. The van der Waals surface area contributed by atoms with Crippen molar-refractivity contribution >= 4 is 16.9 Å². The third kappa shape index (κ3) is 3.01. The first kappa shape index (κ1) is 17.4. The van der Waals surface area contributed by atoms with Crippen LogP contribution in [0.15, 0.2) is 36.7 Å². The Kier molecular flexibility index (Phi) is 4.47. The minimum absolute atomic E-state index is 0.190. The monoisotopic (exact) mass is 367 g/mol. The van der Waals surface area contributed by atoms with E-state index in [0.717, 1.165) is 5.56 Å². The largest absolute Gasteiger partial charge is 0.394 e. The van der Waals surface area contributed by atoms with Gasteiger partial charge in [0.2, 0.25) is 0 Å². The molecule has 0 saturated carbocycles. The fourth-order valence-corrected chi connectivity index (χ4v) is 3.00. The Labute approximate surface area is 154 Å². The van der Waals surface area contributed by atoms with Crippen LogP contribution in [-0.4, -0.2) is 60.0 Å². The number of nitrogens with two attached hydrogens (primary N) is 1. The topological polar surface area (TPSA) is 140 Å². The van der Waals surface area contributed by atoms with E-state index in [1.165, 1.54) is 11.0 Å². The van der Waals surface area contributed by atoms with Crippen LogP contribution < -0.4 is 5.73 Å². The lowest BCUT2D eigenvalue weighted by Crippen LogP contribution is -2.33. The van der Waals surface area contributed by atoms with Gasteiger partial charge in [-0.1, -0.05) is 24.1 Å². The van der Waals surface area contributed by atoms with E-state index < -0.39 is 31.1 Å². The summed E-state index contributed by atoms with van der Waals surface area (Å²) in [6.07, 6.45) is -3.25. The number of rotatable bonds is 2. The number of hydrogen-bond donors (Lipinski definition) is 4. The molecule has 1 aliphatic heterocycles. The molecule has 0 aliphatic carbocycles. The Morgan fingerprint density at radius 1 is 1.11 bits per heavy atom. The fourth-order valence-electron chi connectivity index (χ4n) is 3.00. The molecule has 1 saturated heterocycles. The first-order chi connectivity index (χ1) is 13.1. The second-order valence-corrected chi connectivity index (χ2v) is 6.10. The molecule has 2 aromatic heterocycles. The molecule has 4 atom stereocenters. The van der Waals surface area contributed by atoms with Gasteiger partial charge >= 0.3 is 0 Å². The molecule has 0 radical (unpaired) electrons. The number of hydrogen-bond acceptors (Lipinski definition) is 8. The zero-order valence-electron chi connectivity index (χ0n) is 14.1. The normalized spacial score (nSPS) is 24.7. The van der Waals surface area contributed by atoms with Gasteiger partial charge in [-0.05, 0) is 18.1 Å². The van der Waals surface area contributed by atoms with Gasteiger partial charge in [0, 0.05) is 5.56 Å². The van der Waals surface area contributed by atoms with Crippen molar-refractivity contribution in [2.24, 2.45) is 0 Å². The number of benzene rings is 1. The Bertz CT molecular complexity index is 1030. The summed E-state index contributed by atoms with van der Waals surface area (Å²) in [5.74, 6) is 6.13. The highest BCUT2D eigenvalue weighted by molar-refractivity contribution is 5.90. The van der Waals surface area contributed by atoms with E-state index in [9.17, 15) is 15.3 Å². The van der Waals surface area contributed by atoms with E-state index in [1.54, 1.807) is 0 Å². The second kappa shape index (κ2) is 6.94. The molecule has 0 amide bonds. The maximum atomic E-state index is 10.3. The highest BCUT2D eigenvalue weighted by Gasteiger charge is 2.44. The summed E-state index contributed by atoms with van der Waals surface area (Å²) in [4.78, 5) is 8.16. The Morgan fingerprint density at radius 2 is 1.89 bits per heavy atom. The van der Waals surface area contributed by atoms with Crippen LogP contribution in [-0.2, 0) is 4.74 Å². The van der Waals surface area contributed by atoms with Crippen LogP contribution in [0.4, 0.5) is 5.82 Å². The number of ether oxygens (including phenoxy) is 1. The molecule has 0 unspecified atom stereocenters. The molecule has 0 spiro atoms. The fraction of sp³-hybridized carbons (Fsp3) is 0.278. The van der Waals surface area contributed by atoms with Crippen molar-refractivity contribution in [3.63, 3.8) is 0 Å². The van der Waals surface area contributed by atoms with Gasteiger partial charge in [-0.3, -0.25) is 0 Å². The zero-order chi connectivity index (χ0) is 19.0. The number of nitrogen functional groups attached to an aromatic ring is 1. The molecule has 9 heteroatoms. The van der Waals surface area contributed by atoms with Crippen molar-refractivity contribution in [2.45, 2.75) is 24.5 Å². The molecule has 0 bridgehead atoms. The van der Waals surface area contributed by atoms with Gasteiger partial charge in [0.1, 0.15) is 36.2 Å². The van der Waals surface area contributed by atoms with E-state index in [4.69, 9.17) is 10.5 Å². The van der Waals surface area contributed by atoms with Crippen molar-refractivity contribution in [1.29, 1.82) is 0 Å². The molecule has 3 heterocycles. The Morgan fingerprint density at radius 3 is 2.59 bits per heavy atom. The van der Waals surface area contributed by atoms with Crippen LogP contribution in [0.1, 0.15) is 17.5 Å². The van der Waals surface area contributed by atoms with Crippen LogP contribution in [0.25, 0.3) is 11.0 Å². The molecule has 1 fully saturated rings. The third-order valence-electron chi connectivity index (χ3n) is 4.38. The van der Waals surface area contributed by atoms with E-state index >= 15 is 0 Å². The summed E-state index contributed by atoms with van der Waals surface area (Å²) in [7, 11) is 0. The minimum Gasteiger partial charge on any atom is -0.394 e. The molecule has 1 aliphatic rings. The van der Waals surface area contributed by atoms with E-state index in [0.29, 0.717) is 16.7 Å². The number of aliphatic hydroxyl groups is 3. The number of aromatic nitrogens is 4. The molecule has 9 nitrogen and oxygen atoms in total. The summed E-state index contributed by atoms with van der Waals surface area (Å²) in [6.45, 7) is -0.439. The molecule has 5 N–H and O–H groups in total. The van der Waals surface area contributed by atoms with Crippen molar-refractivity contribution in [1.82, 2.24) is 19.7 Å². The van der Waals surface area contributed by atoms with Gasteiger partial charge in [-0.25, -0.2) is 14.6 Å². The van der Waals surface area contributed by atoms with Gasteiger partial charge < -0.3 is 25.8 Å². The van der Waals surface area contributed by atoms with Gasteiger partial charge in [0.05, 0.1) is 12.0 Å². The van der Waals surface area contributed by atoms with Gasteiger partial charge in [-0.2, -0.15) is 5.10 Å². The highest BCUT2D eigenvalue weighted by atomic mass is 16.6. The smallest absolute Gasteiger partial charge is 0.181 e. The van der Waals surface area contributed by atoms with E-state index in [2.05, 4.69) is 26.9 Å². The van der Waals surface area contributed by atoms with E-state index in [-0.39, 0.29) is 5.82 Å². The number of fused-ring (bicyclic) bond motifs is 1. The summed E-state index contributed by atoms with van der Waals surface area (Å²) < 4.78 is 6.86. The average molecular weight is 367 g/mol. The lowest BCUT2D eigenvalue weighted by molar-refractivity contribution is -0.0567. The average Bonchev–Trinajstić information content (AvgIpc) is 3.20. The van der Waals surface area contributed by atoms with Gasteiger partial charge in [-0.15, -0.1) is 0 Å². The lowest BCUT2D eigenvalue weighted by atomic mass is 10.1. The summed E-state index contributed by atoms with van der Waals surface area (Å²) in [6, 6.07) is 9.35. The van der Waals surface area contributed by atoms with Crippen molar-refractivity contribution < 1.29 is 20.1 Å². The van der Waals surface area contributed by atoms with Crippen LogP contribution in [0.2, 0.25) is 0 Å². The first-order valence-electron chi connectivity index (χ1n) is 8.28. The molecular formula is C18H17N5O4. The third-order valence-corrected chi connectivity index (χ3v) is 4.38. The van der Waals surface area contributed by atoms with Gasteiger partial charge in [0.15, 0.2) is 11.9 Å². The Hall–Kier alpha value is -3.03. The van der Waals surface area contributed by atoms with Crippen LogP contribution in [0.5, 0.6) is 0 Å². The SMILES string of the molecule is Nc1ncnc2c1c(C#Cc1ccccc1)nn2[C@@H]1O[C@H](CO)[C@@H](O)[C@H]1O. The summed E-state index contributed by atoms with van der Waals surface area (Å²) in [5, 5.41) is 34.4. The van der Waals surface area contributed by atoms with Crippen molar-refractivity contribution in [3.8, 4) is 11.8 Å². The molecule has 3 aromatic rings. The minimum atomic E-state index is -1.30. The zero-order valence-corrected chi connectivity index (χ0v) is 14.1. The maximum absolute atomic E-state index is 10.3. The number of anilines is 1. The van der Waals surface area contributed by atoms with E-state index in [1.807, 2.05) is 30.3 Å². The van der Waals surface area contributed by atoms with Gasteiger partial charge in [0.25, 0.3) is 0 Å². The van der Waals surface area contributed by atoms with Crippen LogP contribution in [0.3, 0.4) is 0 Å². The number of aliphatic hydroxyl groups excluding tert-OH is 3. The molecular weight excluding hydrogens is 350 g/mol. The summed E-state index contributed by atoms with van der Waals surface area (Å²) in [5.41, 5.74) is 7.42. The molecule has 27 heavy (non-hydrogen) atoms. The number of nitrogens with zero attached hydrogens (tertiary/aromatic N) is 4. The van der Waals surface area contributed by atoms with Crippen LogP contribution in [0, 0.1) is 11.8 Å². The predicted octanol–water partition coefficient (Wildman–Crippen LogP) is -0.580. The van der Waals surface area contributed by atoms with Crippen molar-refractivity contribution in [3.05, 3.63) is 47.9 Å². The molecule has 4 rings (SSSR count). The highest BCUT2D eigenvalue weighted by Crippen LogP contribution is 2.32.